The second-order valence-corrected chi connectivity index (χ2v) is 3.83. The monoisotopic (exact) mass is 152 g/mol. The summed E-state index contributed by atoms with van der Waals surface area (Å²) < 4.78 is 0. The van der Waals surface area contributed by atoms with Crippen molar-refractivity contribution in [2.75, 3.05) is 0 Å². The Kier molecular flexibility index (Phi) is 2.19. The summed E-state index contributed by atoms with van der Waals surface area (Å²) in [6, 6.07) is 0. The molecule has 1 aliphatic rings. The second-order valence-electron chi connectivity index (χ2n) is 3.83. The number of hydrogen-bond acceptors (Lipinski definition) is 1. The molecule has 0 spiro atoms. The standard InChI is InChI=1S/C10H16O/c1-8(11)9-6-4-5-7-10(9,2)3/h4-9,11H,1-3H3. The first-order chi connectivity index (χ1) is 5.04. The molecule has 0 aromatic rings. The number of aliphatic hydroxyl groups is 1. The van der Waals surface area contributed by atoms with Crippen molar-refractivity contribution in [3.63, 3.8) is 0 Å². The molecule has 0 radical (unpaired) electrons. The Labute approximate surface area is 68.4 Å². The average molecular weight is 152 g/mol. The molecule has 11 heavy (non-hydrogen) atoms. The largest absolute Gasteiger partial charge is 0.393 e. The minimum absolute atomic E-state index is 0.100. The molecule has 0 saturated carbocycles. The van der Waals surface area contributed by atoms with E-state index < -0.39 is 0 Å². The smallest absolute Gasteiger partial charge is 0.0582 e. The van der Waals surface area contributed by atoms with Gasteiger partial charge in [-0.25, -0.2) is 0 Å². The van der Waals surface area contributed by atoms with Gasteiger partial charge in [-0.1, -0.05) is 38.2 Å². The molecule has 1 nitrogen and oxygen atoms in total. The van der Waals surface area contributed by atoms with Crippen LogP contribution in [0.5, 0.6) is 0 Å². The fourth-order valence-electron chi connectivity index (χ4n) is 1.63. The third kappa shape index (κ3) is 1.72. The van der Waals surface area contributed by atoms with Crippen molar-refractivity contribution in [3.05, 3.63) is 24.3 Å². The first-order valence-corrected chi connectivity index (χ1v) is 4.08. The van der Waals surface area contributed by atoms with Crippen molar-refractivity contribution >= 4 is 0 Å². The minimum atomic E-state index is -0.258. The maximum absolute atomic E-state index is 9.43. The van der Waals surface area contributed by atoms with Gasteiger partial charge in [-0.2, -0.15) is 0 Å². The summed E-state index contributed by atoms with van der Waals surface area (Å²) in [6.07, 6.45) is 8.00. The Morgan fingerprint density at radius 2 is 2.00 bits per heavy atom. The average Bonchev–Trinajstić information content (AvgIpc) is 1.85. The number of rotatable bonds is 1. The summed E-state index contributed by atoms with van der Waals surface area (Å²) in [5.41, 5.74) is 0.100. The van der Waals surface area contributed by atoms with Gasteiger partial charge in [0.1, 0.15) is 0 Å². The lowest BCUT2D eigenvalue weighted by molar-refractivity contribution is 0.0982. The molecule has 0 heterocycles. The van der Waals surface area contributed by atoms with Crippen molar-refractivity contribution in [1.82, 2.24) is 0 Å². The molecule has 0 aromatic heterocycles. The molecular weight excluding hydrogens is 136 g/mol. The summed E-state index contributed by atoms with van der Waals surface area (Å²) >= 11 is 0. The second kappa shape index (κ2) is 2.82. The third-order valence-electron chi connectivity index (χ3n) is 2.33. The van der Waals surface area contributed by atoms with E-state index in [1.807, 2.05) is 19.1 Å². The van der Waals surface area contributed by atoms with Crippen molar-refractivity contribution in [1.29, 1.82) is 0 Å². The van der Waals surface area contributed by atoms with Crippen LogP contribution in [0.25, 0.3) is 0 Å². The summed E-state index contributed by atoms with van der Waals surface area (Å²) in [5.74, 6) is 0.257. The predicted molar refractivity (Wildman–Crippen MR) is 47.2 cm³/mol. The molecule has 62 valence electrons. The van der Waals surface area contributed by atoms with Crippen LogP contribution in [0.4, 0.5) is 0 Å². The molecule has 1 N–H and O–H groups in total. The fraction of sp³-hybridized carbons (Fsp3) is 0.600. The summed E-state index contributed by atoms with van der Waals surface area (Å²) in [4.78, 5) is 0. The zero-order valence-electron chi connectivity index (χ0n) is 7.41. The minimum Gasteiger partial charge on any atom is -0.393 e. The highest BCUT2D eigenvalue weighted by atomic mass is 16.3. The molecule has 0 amide bonds. The van der Waals surface area contributed by atoms with Crippen molar-refractivity contribution < 1.29 is 5.11 Å². The van der Waals surface area contributed by atoms with Crippen LogP contribution in [0, 0.1) is 11.3 Å². The first kappa shape index (κ1) is 8.54. The van der Waals surface area contributed by atoms with Crippen LogP contribution in [0.2, 0.25) is 0 Å². The highest BCUT2D eigenvalue weighted by Gasteiger charge is 2.29. The molecule has 0 fully saturated rings. The van der Waals surface area contributed by atoms with Crippen LogP contribution in [0.3, 0.4) is 0 Å². The molecule has 2 unspecified atom stereocenters. The SMILES string of the molecule is CC(O)C1C=CC=CC1(C)C. The van der Waals surface area contributed by atoms with Crippen LogP contribution in [0.15, 0.2) is 24.3 Å². The molecular formula is C10H16O. The van der Waals surface area contributed by atoms with Crippen molar-refractivity contribution in [2.45, 2.75) is 26.9 Å². The topological polar surface area (TPSA) is 20.2 Å². The molecule has 1 rings (SSSR count). The van der Waals surface area contributed by atoms with Gasteiger partial charge in [0.2, 0.25) is 0 Å². The van der Waals surface area contributed by atoms with Gasteiger partial charge >= 0.3 is 0 Å². The zero-order valence-corrected chi connectivity index (χ0v) is 7.41. The van der Waals surface area contributed by atoms with E-state index in [1.165, 1.54) is 0 Å². The Balaban J connectivity index is 2.80. The third-order valence-corrected chi connectivity index (χ3v) is 2.33. The van der Waals surface area contributed by atoms with Crippen LogP contribution in [-0.4, -0.2) is 11.2 Å². The molecule has 1 aliphatic carbocycles. The fourth-order valence-corrected chi connectivity index (χ4v) is 1.63. The normalized spacial score (nSPS) is 30.4. The summed E-state index contributed by atoms with van der Waals surface area (Å²) in [6.45, 7) is 6.13. The van der Waals surface area contributed by atoms with Gasteiger partial charge in [-0.15, -0.1) is 0 Å². The highest BCUT2D eigenvalue weighted by Crippen LogP contribution is 2.34. The van der Waals surface area contributed by atoms with E-state index in [0.717, 1.165) is 0 Å². The Morgan fingerprint density at radius 3 is 2.36 bits per heavy atom. The first-order valence-electron chi connectivity index (χ1n) is 4.08. The van der Waals surface area contributed by atoms with E-state index in [0.29, 0.717) is 0 Å². The summed E-state index contributed by atoms with van der Waals surface area (Å²) in [7, 11) is 0. The van der Waals surface area contributed by atoms with Gasteiger partial charge in [0.25, 0.3) is 0 Å². The molecule has 0 saturated heterocycles. The Morgan fingerprint density at radius 1 is 1.36 bits per heavy atom. The van der Waals surface area contributed by atoms with E-state index in [9.17, 15) is 5.11 Å². The highest BCUT2D eigenvalue weighted by molar-refractivity contribution is 5.18. The van der Waals surface area contributed by atoms with Crippen LogP contribution in [0.1, 0.15) is 20.8 Å². The molecule has 0 aliphatic heterocycles. The van der Waals surface area contributed by atoms with Gasteiger partial charge in [0, 0.05) is 5.92 Å². The van der Waals surface area contributed by atoms with Gasteiger partial charge in [-0.3, -0.25) is 0 Å². The van der Waals surface area contributed by atoms with E-state index in [-0.39, 0.29) is 17.4 Å². The lowest BCUT2D eigenvalue weighted by Gasteiger charge is -2.33. The molecule has 0 bridgehead atoms. The number of hydrogen-bond donors (Lipinski definition) is 1. The summed E-state index contributed by atoms with van der Waals surface area (Å²) in [5, 5.41) is 9.43. The van der Waals surface area contributed by atoms with Gasteiger partial charge in [0.15, 0.2) is 0 Å². The van der Waals surface area contributed by atoms with E-state index in [2.05, 4.69) is 26.0 Å². The predicted octanol–water partition coefficient (Wildman–Crippen LogP) is 2.14. The van der Waals surface area contributed by atoms with Gasteiger partial charge in [0.05, 0.1) is 6.10 Å². The molecule has 0 aromatic carbocycles. The van der Waals surface area contributed by atoms with Crippen molar-refractivity contribution in [3.8, 4) is 0 Å². The number of allylic oxidation sites excluding steroid dienone is 3. The van der Waals surface area contributed by atoms with Crippen LogP contribution in [-0.2, 0) is 0 Å². The quantitative estimate of drug-likeness (QED) is 0.610. The van der Waals surface area contributed by atoms with Crippen LogP contribution < -0.4 is 0 Å². The van der Waals surface area contributed by atoms with Gasteiger partial charge < -0.3 is 5.11 Å². The Hall–Kier alpha value is -0.560. The van der Waals surface area contributed by atoms with E-state index >= 15 is 0 Å². The molecule has 1 heteroatoms. The van der Waals surface area contributed by atoms with Crippen molar-refractivity contribution in [2.24, 2.45) is 11.3 Å². The van der Waals surface area contributed by atoms with Gasteiger partial charge in [-0.05, 0) is 12.3 Å². The van der Waals surface area contributed by atoms with E-state index in [1.54, 1.807) is 0 Å². The van der Waals surface area contributed by atoms with E-state index in [4.69, 9.17) is 0 Å². The lowest BCUT2D eigenvalue weighted by Crippen LogP contribution is -2.30. The van der Waals surface area contributed by atoms with Crippen LogP contribution >= 0.6 is 0 Å². The maximum atomic E-state index is 9.43. The number of aliphatic hydroxyl groups excluding tert-OH is 1. The maximum Gasteiger partial charge on any atom is 0.0582 e. The zero-order chi connectivity index (χ0) is 8.48. The molecule has 2 atom stereocenters. The Bertz CT molecular complexity index is 187. The lowest BCUT2D eigenvalue weighted by atomic mass is 9.74.